The fraction of sp³-hybridized carbons (Fsp3) is 0.500. The van der Waals surface area contributed by atoms with Crippen LogP contribution in [0, 0.1) is 0 Å². The Morgan fingerprint density at radius 3 is 3.08 bits per heavy atom. The van der Waals surface area contributed by atoms with Crippen molar-refractivity contribution in [3.63, 3.8) is 0 Å². The molecule has 0 saturated carbocycles. The fourth-order valence-corrected chi connectivity index (χ4v) is 1.03. The zero-order valence-electron chi connectivity index (χ0n) is 7.03. The van der Waals surface area contributed by atoms with Gasteiger partial charge in [0.2, 0.25) is 0 Å². The predicted molar refractivity (Wildman–Crippen MR) is 44.3 cm³/mol. The second kappa shape index (κ2) is 3.90. The molecule has 0 aliphatic heterocycles. The number of hydrogen-bond donors (Lipinski definition) is 1. The Morgan fingerprint density at radius 2 is 2.50 bits per heavy atom. The van der Waals surface area contributed by atoms with E-state index < -0.39 is 6.09 Å². The summed E-state index contributed by atoms with van der Waals surface area (Å²) < 4.78 is 1.16. The highest BCUT2D eigenvalue weighted by Crippen LogP contribution is 2.02. The van der Waals surface area contributed by atoms with Gasteiger partial charge < -0.3 is 5.11 Å². The Morgan fingerprint density at radius 1 is 1.75 bits per heavy atom. The molecule has 1 aromatic rings. The molecule has 1 aromatic heterocycles. The molecule has 0 amide bonds. The van der Waals surface area contributed by atoms with Gasteiger partial charge in [-0.25, -0.2) is 14.3 Å². The van der Waals surface area contributed by atoms with E-state index in [1.165, 1.54) is 12.4 Å². The summed E-state index contributed by atoms with van der Waals surface area (Å²) >= 11 is 0. The number of aromatic nitrogens is 2. The number of carboxylic acid groups (broad SMARTS) is 1. The molecule has 0 aromatic carbocycles. The van der Waals surface area contributed by atoms with Crippen molar-refractivity contribution in [2.45, 2.75) is 26.2 Å². The maximum absolute atomic E-state index is 10.6. The van der Waals surface area contributed by atoms with Crippen LogP contribution in [0.2, 0.25) is 0 Å². The highest BCUT2D eigenvalue weighted by atomic mass is 16.4. The molecule has 0 atom stereocenters. The summed E-state index contributed by atoms with van der Waals surface area (Å²) in [5.41, 5.74) is 0. The van der Waals surface area contributed by atoms with Gasteiger partial charge in [0.1, 0.15) is 5.82 Å². The topological polar surface area (TPSA) is 55.1 Å². The van der Waals surface area contributed by atoms with Crippen molar-refractivity contribution in [2.24, 2.45) is 0 Å². The summed E-state index contributed by atoms with van der Waals surface area (Å²) in [7, 11) is 0. The highest BCUT2D eigenvalue weighted by Gasteiger charge is 2.06. The monoisotopic (exact) mass is 168 g/mol. The summed E-state index contributed by atoms with van der Waals surface area (Å²) in [5, 5.41) is 8.68. The normalized spacial score (nSPS) is 10.1. The Balaban J connectivity index is 2.70. The highest BCUT2D eigenvalue weighted by molar-refractivity contribution is 5.68. The standard InChI is InChI=1S/C8H12N2O2/c1-2-3-4-7-9-5-6-10(7)8(11)12/h5-6H,2-4H2,1H3,(H,11,12). The molecule has 0 radical (unpaired) electrons. The van der Waals surface area contributed by atoms with Crippen LogP contribution in [0.15, 0.2) is 12.4 Å². The minimum atomic E-state index is -0.960. The van der Waals surface area contributed by atoms with Crippen LogP contribution in [0.25, 0.3) is 0 Å². The summed E-state index contributed by atoms with van der Waals surface area (Å²) in [6.45, 7) is 2.06. The van der Waals surface area contributed by atoms with Gasteiger partial charge in [0, 0.05) is 18.8 Å². The molecule has 0 unspecified atom stereocenters. The van der Waals surface area contributed by atoms with E-state index in [1.807, 2.05) is 0 Å². The third-order valence-electron chi connectivity index (χ3n) is 1.68. The van der Waals surface area contributed by atoms with E-state index in [-0.39, 0.29) is 0 Å². The van der Waals surface area contributed by atoms with E-state index in [2.05, 4.69) is 11.9 Å². The van der Waals surface area contributed by atoms with E-state index >= 15 is 0 Å². The molecule has 0 bridgehead atoms. The van der Waals surface area contributed by atoms with E-state index in [1.54, 1.807) is 0 Å². The maximum Gasteiger partial charge on any atom is 0.416 e. The second-order valence-electron chi connectivity index (χ2n) is 2.60. The summed E-state index contributed by atoms with van der Waals surface area (Å²) in [6, 6.07) is 0. The number of hydrogen-bond acceptors (Lipinski definition) is 2. The molecule has 1 heterocycles. The first-order valence-electron chi connectivity index (χ1n) is 4.01. The number of aryl methyl sites for hydroxylation is 1. The quantitative estimate of drug-likeness (QED) is 0.748. The van der Waals surface area contributed by atoms with Crippen LogP contribution in [0.5, 0.6) is 0 Å². The van der Waals surface area contributed by atoms with E-state index in [0.717, 1.165) is 23.8 Å². The molecule has 0 spiro atoms. The molecule has 1 N–H and O–H groups in total. The first-order valence-corrected chi connectivity index (χ1v) is 4.01. The molecule has 0 saturated heterocycles. The van der Waals surface area contributed by atoms with Crippen LogP contribution in [-0.4, -0.2) is 20.8 Å². The lowest BCUT2D eigenvalue weighted by atomic mass is 10.2. The molecule has 0 fully saturated rings. The van der Waals surface area contributed by atoms with Crippen molar-refractivity contribution in [1.29, 1.82) is 0 Å². The number of unbranched alkanes of at least 4 members (excludes halogenated alkanes) is 1. The molecule has 0 aliphatic rings. The van der Waals surface area contributed by atoms with E-state index in [9.17, 15) is 4.79 Å². The SMILES string of the molecule is CCCCc1nccn1C(=O)O. The first kappa shape index (κ1) is 8.77. The lowest BCUT2D eigenvalue weighted by molar-refractivity contribution is 0.195. The minimum Gasteiger partial charge on any atom is -0.464 e. The molecular formula is C8H12N2O2. The van der Waals surface area contributed by atoms with Gasteiger partial charge in [0.05, 0.1) is 0 Å². The molecule has 0 aliphatic carbocycles. The molecule has 4 heteroatoms. The van der Waals surface area contributed by atoms with Crippen molar-refractivity contribution in [1.82, 2.24) is 9.55 Å². The maximum atomic E-state index is 10.6. The lowest BCUT2D eigenvalue weighted by Gasteiger charge is -1.99. The molecule has 4 nitrogen and oxygen atoms in total. The summed E-state index contributed by atoms with van der Waals surface area (Å²) in [4.78, 5) is 14.5. The molecule has 66 valence electrons. The van der Waals surface area contributed by atoms with Gasteiger partial charge >= 0.3 is 6.09 Å². The molecule has 12 heavy (non-hydrogen) atoms. The summed E-state index contributed by atoms with van der Waals surface area (Å²) in [5.74, 6) is 0.629. The van der Waals surface area contributed by atoms with Crippen LogP contribution in [-0.2, 0) is 6.42 Å². The van der Waals surface area contributed by atoms with Crippen LogP contribution in [0.1, 0.15) is 25.6 Å². The van der Waals surface area contributed by atoms with Crippen LogP contribution >= 0.6 is 0 Å². The van der Waals surface area contributed by atoms with Crippen LogP contribution in [0.3, 0.4) is 0 Å². The summed E-state index contributed by atoms with van der Waals surface area (Å²) in [6.07, 6.45) is 4.78. The van der Waals surface area contributed by atoms with Crippen molar-refractivity contribution in [3.05, 3.63) is 18.2 Å². The number of imidazole rings is 1. The van der Waals surface area contributed by atoms with Crippen molar-refractivity contribution in [2.75, 3.05) is 0 Å². The zero-order valence-corrected chi connectivity index (χ0v) is 7.03. The molecule has 1 rings (SSSR count). The van der Waals surface area contributed by atoms with Crippen molar-refractivity contribution in [3.8, 4) is 0 Å². The fourth-order valence-electron chi connectivity index (χ4n) is 1.03. The second-order valence-corrected chi connectivity index (χ2v) is 2.60. The third kappa shape index (κ3) is 1.84. The van der Waals surface area contributed by atoms with Gasteiger partial charge in [-0.05, 0) is 6.42 Å². The minimum absolute atomic E-state index is 0.629. The number of rotatable bonds is 3. The Hall–Kier alpha value is -1.32. The molecular weight excluding hydrogens is 156 g/mol. The van der Waals surface area contributed by atoms with Crippen LogP contribution in [0.4, 0.5) is 4.79 Å². The third-order valence-corrected chi connectivity index (χ3v) is 1.68. The van der Waals surface area contributed by atoms with Crippen LogP contribution < -0.4 is 0 Å². The Kier molecular flexibility index (Phi) is 2.85. The predicted octanol–water partition coefficient (Wildman–Crippen LogP) is 1.75. The average molecular weight is 168 g/mol. The van der Waals surface area contributed by atoms with Gasteiger partial charge in [0.15, 0.2) is 0 Å². The van der Waals surface area contributed by atoms with Gasteiger partial charge in [-0.2, -0.15) is 0 Å². The van der Waals surface area contributed by atoms with Crippen molar-refractivity contribution < 1.29 is 9.90 Å². The van der Waals surface area contributed by atoms with Gasteiger partial charge in [0.25, 0.3) is 0 Å². The lowest BCUT2D eigenvalue weighted by Crippen LogP contribution is -2.10. The van der Waals surface area contributed by atoms with E-state index in [4.69, 9.17) is 5.11 Å². The first-order chi connectivity index (χ1) is 5.75. The Labute approximate surface area is 70.9 Å². The van der Waals surface area contributed by atoms with E-state index in [0.29, 0.717) is 5.82 Å². The van der Waals surface area contributed by atoms with Gasteiger partial charge in [-0.1, -0.05) is 13.3 Å². The van der Waals surface area contributed by atoms with Crippen molar-refractivity contribution >= 4 is 6.09 Å². The smallest absolute Gasteiger partial charge is 0.416 e. The number of nitrogens with zero attached hydrogens (tertiary/aromatic N) is 2. The largest absolute Gasteiger partial charge is 0.464 e. The van der Waals surface area contributed by atoms with Gasteiger partial charge in [-0.3, -0.25) is 0 Å². The number of carbonyl (C=O) groups is 1. The van der Waals surface area contributed by atoms with Gasteiger partial charge in [-0.15, -0.1) is 0 Å². The Bertz CT molecular complexity index is 268. The zero-order chi connectivity index (χ0) is 8.97. The average Bonchev–Trinajstić information content (AvgIpc) is 2.48.